The van der Waals surface area contributed by atoms with Gasteiger partial charge in [0.2, 0.25) is 11.8 Å². The van der Waals surface area contributed by atoms with Crippen molar-refractivity contribution in [1.82, 2.24) is 5.32 Å². The minimum atomic E-state index is -0.411. The van der Waals surface area contributed by atoms with Gasteiger partial charge in [-0.2, -0.15) is 0 Å². The van der Waals surface area contributed by atoms with Crippen LogP contribution < -0.4 is 16.8 Å². The maximum Gasteiger partial charge on any atom is 0.224 e. The summed E-state index contributed by atoms with van der Waals surface area (Å²) >= 11 is 0. The number of primary amides is 2. The fraction of sp³-hybridized carbons (Fsp3) is 0.818. The first-order valence-corrected chi connectivity index (χ1v) is 5.78. The summed E-state index contributed by atoms with van der Waals surface area (Å²) < 4.78 is 0. The van der Waals surface area contributed by atoms with Crippen LogP contribution in [0.4, 0.5) is 0 Å². The van der Waals surface area contributed by atoms with Crippen LogP contribution in [0.1, 0.15) is 39.0 Å². The van der Waals surface area contributed by atoms with Crippen molar-refractivity contribution in [2.24, 2.45) is 16.9 Å². The van der Waals surface area contributed by atoms with E-state index >= 15 is 0 Å². The van der Waals surface area contributed by atoms with Crippen LogP contribution in [0.15, 0.2) is 0 Å². The average Bonchev–Trinajstić information content (AvgIpc) is 2.63. The summed E-state index contributed by atoms with van der Waals surface area (Å²) in [4.78, 5) is 22.2. The maximum absolute atomic E-state index is 11.4. The third-order valence-electron chi connectivity index (χ3n) is 3.38. The van der Waals surface area contributed by atoms with Crippen molar-refractivity contribution in [1.29, 1.82) is 0 Å². The molecule has 5 heteroatoms. The summed E-state index contributed by atoms with van der Waals surface area (Å²) in [6.45, 7) is 2.44. The molecule has 0 aromatic rings. The molecule has 0 bridgehead atoms. The van der Waals surface area contributed by atoms with Crippen LogP contribution in [0.25, 0.3) is 0 Å². The number of hydrogen-bond acceptors (Lipinski definition) is 3. The molecule has 0 saturated heterocycles. The van der Waals surface area contributed by atoms with Crippen molar-refractivity contribution in [3.63, 3.8) is 0 Å². The third kappa shape index (κ3) is 3.20. The minimum Gasteiger partial charge on any atom is -0.370 e. The predicted octanol–water partition coefficient (Wildman–Crippen LogP) is -0.114. The molecule has 1 saturated carbocycles. The largest absolute Gasteiger partial charge is 0.370 e. The van der Waals surface area contributed by atoms with E-state index in [-0.39, 0.29) is 24.3 Å². The Kier molecular flexibility index (Phi) is 4.29. The smallest absolute Gasteiger partial charge is 0.224 e. The summed E-state index contributed by atoms with van der Waals surface area (Å²) in [5, 5.41) is 3.18. The van der Waals surface area contributed by atoms with Crippen molar-refractivity contribution >= 4 is 11.8 Å². The second-order valence-electron chi connectivity index (χ2n) is 4.80. The SMILES string of the molecule is CC(CC(N)=O)NCC1(C(N)=O)CCCC1. The van der Waals surface area contributed by atoms with Gasteiger partial charge in [0, 0.05) is 19.0 Å². The minimum absolute atomic E-state index is 0.00525. The van der Waals surface area contributed by atoms with Gasteiger partial charge in [0.05, 0.1) is 5.41 Å². The molecule has 0 radical (unpaired) electrons. The molecule has 5 nitrogen and oxygen atoms in total. The monoisotopic (exact) mass is 227 g/mol. The van der Waals surface area contributed by atoms with E-state index in [0.29, 0.717) is 6.54 Å². The van der Waals surface area contributed by atoms with Crippen molar-refractivity contribution in [3.8, 4) is 0 Å². The Bertz CT molecular complexity index is 272. The van der Waals surface area contributed by atoms with Crippen LogP contribution in [0, 0.1) is 5.41 Å². The van der Waals surface area contributed by atoms with Crippen LogP contribution in [0.2, 0.25) is 0 Å². The molecule has 1 atom stereocenters. The van der Waals surface area contributed by atoms with Gasteiger partial charge in [-0.25, -0.2) is 0 Å². The van der Waals surface area contributed by atoms with E-state index in [9.17, 15) is 9.59 Å². The Hall–Kier alpha value is -1.10. The van der Waals surface area contributed by atoms with Crippen LogP contribution in [0.3, 0.4) is 0 Å². The van der Waals surface area contributed by atoms with E-state index in [0.717, 1.165) is 25.7 Å². The molecule has 1 aliphatic rings. The Morgan fingerprint density at radius 2 is 1.88 bits per heavy atom. The van der Waals surface area contributed by atoms with Crippen molar-refractivity contribution in [2.75, 3.05) is 6.54 Å². The Morgan fingerprint density at radius 1 is 1.31 bits per heavy atom. The number of carbonyl (C=O) groups is 2. The first-order valence-electron chi connectivity index (χ1n) is 5.78. The van der Waals surface area contributed by atoms with Gasteiger partial charge in [0.1, 0.15) is 0 Å². The Balaban J connectivity index is 2.45. The Morgan fingerprint density at radius 3 is 2.31 bits per heavy atom. The zero-order valence-corrected chi connectivity index (χ0v) is 9.79. The quantitative estimate of drug-likeness (QED) is 0.590. The number of hydrogen-bond donors (Lipinski definition) is 3. The fourth-order valence-corrected chi connectivity index (χ4v) is 2.31. The normalized spacial score (nSPS) is 20.6. The molecular formula is C11H21N3O2. The van der Waals surface area contributed by atoms with E-state index in [1.165, 1.54) is 0 Å². The number of rotatable bonds is 6. The molecule has 2 amide bonds. The van der Waals surface area contributed by atoms with Gasteiger partial charge >= 0.3 is 0 Å². The second-order valence-corrected chi connectivity index (χ2v) is 4.80. The molecule has 5 N–H and O–H groups in total. The number of nitrogens with one attached hydrogen (secondary N) is 1. The molecule has 0 aliphatic heterocycles. The van der Waals surface area contributed by atoms with Gasteiger partial charge in [0.15, 0.2) is 0 Å². The van der Waals surface area contributed by atoms with Gasteiger partial charge in [-0.3, -0.25) is 9.59 Å². The van der Waals surface area contributed by atoms with E-state index in [1.54, 1.807) is 0 Å². The highest BCUT2D eigenvalue weighted by Crippen LogP contribution is 2.37. The van der Waals surface area contributed by atoms with E-state index < -0.39 is 5.41 Å². The molecule has 1 unspecified atom stereocenters. The maximum atomic E-state index is 11.4. The molecule has 0 heterocycles. The molecule has 0 aromatic carbocycles. The molecule has 0 spiro atoms. The van der Waals surface area contributed by atoms with Crippen LogP contribution in [-0.4, -0.2) is 24.4 Å². The summed E-state index contributed by atoms with van der Waals surface area (Å²) in [5.74, 6) is -0.566. The van der Waals surface area contributed by atoms with Crippen molar-refractivity contribution < 1.29 is 9.59 Å². The lowest BCUT2D eigenvalue weighted by Crippen LogP contribution is -2.46. The summed E-state index contributed by atoms with van der Waals surface area (Å²) in [6, 6.07) is -0.00525. The summed E-state index contributed by atoms with van der Waals surface area (Å²) in [7, 11) is 0. The number of amides is 2. The van der Waals surface area contributed by atoms with Gasteiger partial charge in [-0.15, -0.1) is 0 Å². The summed E-state index contributed by atoms with van der Waals surface area (Å²) in [6.07, 6.45) is 4.08. The topological polar surface area (TPSA) is 98.2 Å². The summed E-state index contributed by atoms with van der Waals surface area (Å²) in [5.41, 5.74) is 10.1. The highest BCUT2D eigenvalue weighted by Gasteiger charge is 2.39. The third-order valence-corrected chi connectivity index (χ3v) is 3.38. The molecule has 16 heavy (non-hydrogen) atoms. The fourth-order valence-electron chi connectivity index (χ4n) is 2.31. The van der Waals surface area contributed by atoms with Crippen molar-refractivity contribution in [2.45, 2.75) is 45.1 Å². The molecule has 1 fully saturated rings. The molecular weight excluding hydrogens is 206 g/mol. The van der Waals surface area contributed by atoms with Crippen LogP contribution in [-0.2, 0) is 9.59 Å². The Labute approximate surface area is 95.9 Å². The van der Waals surface area contributed by atoms with E-state index in [2.05, 4.69) is 5.32 Å². The standard InChI is InChI=1S/C11H21N3O2/c1-8(6-9(12)15)14-7-11(10(13)16)4-2-3-5-11/h8,14H,2-7H2,1H3,(H2,12,15)(H2,13,16). The first kappa shape index (κ1) is 13.0. The zero-order valence-electron chi connectivity index (χ0n) is 9.79. The zero-order chi connectivity index (χ0) is 12.2. The highest BCUT2D eigenvalue weighted by molar-refractivity contribution is 5.81. The lowest BCUT2D eigenvalue weighted by molar-refractivity contribution is -0.127. The lowest BCUT2D eigenvalue weighted by atomic mass is 9.85. The highest BCUT2D eigenvalue weighted by atomic mass is 16.1. The van der Waals surface area contributed by atoms with Gasteiger partial charge in [0.25, 0.3) is 0 Å². The molecule has 0 aromatic heterocycles. The van der Waals surface area contributed by atoms with Gasteiger partial charge in [-0.05, 0) is 19.8 Å². The average molecular weight is 227 g/mol. The van der Waals surface area contributed by atoms with Crippen LogP contribution in [0.5, 0.6) is 0 Å². The van der Waals surface area contributed by atoms with Crippen LogP contribution >= 0.6 is 0 Å². The van der Waals surface area contributed by atoms with E-state index in [4.69, 9.17) is 11.5 Å². The van der Waals surface area contributed by atoms with Gasteiger partial charge < -0.3 is 16.8 Å². The second kappa shape index (κ2) is 5.30. The van der Waals surface area contributed by atoms with Gasteiger partial charge in [-0.1, -0.05) is 12.8 Å². The molecule has 1 aliphatic carbocycles. The first-order chi connectivity index (χ1) is 7.46. The van der Waals surface area contributed by atoms with E-state index in [1.807, 2.05) is 6.92 Å². The predicted molar refractivity (Wildman–Crippen MR) is 61.4 cm³/mol. The van der Waals surface area contributed by atoms with Crippen molar-refractivity contribution in [3.05, 3.63) is 0 Å². The number of nitrogens with two attached hydrogens (primary N) is 2. The molecule has 92 valence electrons. The number of carbonyl (C=O) groups excluding carboxylic acids is 2. The molecule has 1 rings (SSSR count). The lowest BCUT2D eigenvalue weighted by Gasteiger charge is -2.27.